The Bertz CT molecular complexity index is 738. The summed E-state index contributed by atoms with van der Waals surface area (Å²) in [6.07, 6.45) is -1.40. The number of amides is 1. The monoisotopic (exact) mass is 339 g/mol. The molecule has 0 radical (unpaired) electrons. The van der Waals surface area contributed by atoms with Crippen molar-refractivity contribution in [3.05, 3.63) is 35.8 Å². The van der Waals surface area contributed by atoms with Gasteiger partial charge in [-0.2, -0.15) is 13.2 Å². The van der Waals surface area contributed by atoms with E-state index in [9.17, 15) is 18.0 Å². The van der Waals surface area contributed by atoms with E-state index >= 15 is 0 Å². The molecule has 2 aromatic heterocycles. The van der Waals surface area contributed by atoms with Crippen molar-refractivity contribution >= 4 is 11.6 Å². The molecular formula is C17H20F3N3O. The SMILES string of the molecule is Cc1cccc2nc(CNC(=O)[C@H]3CCC[C@@H](C(F)(F)F)C3)cn12. The Kier molecular flexibility index (Phi) is 4.51. The maximum Gasteiger partial charge on any atom is 0.391 e. The molecule has 0 saturated heterocycles. The van der Waals surface area contributed by atoms with Crippen LogP contribution in [0, 0.1) is 18.8 Å². The number of carbonyl (C=O) groups is 1. The number of aryl methyl sites for hydroxylation is 1. The van der Waals surface area contributed by atoms with Crippen LogP contribution >= 0.6 is 0 Å². The predicted octanol–water partition coefficient (Wildman–Crippen LogP) is 3.63. The summed E-state index contributed by atoms with van der Waals surface area (Å²) in [7, 11) is 0. The summed E-state index contributed by atoms with van der Waals surface area (Å²) in [5.41, 5.74) is 2.51. The minimum absolute atomic E-state index is 0.112. The van der Waals surface area contributed by atoms with Gasteiger partial charge in [-0.25, -0.2) is 4.98 Å². The normalized spacial score (nSPS) is 21.8. The molecule has 2 atom stereocenters. The highest BCUT2D eigenvalue weighted by molar-refractivity contribution is 5.78. The Morgan fingerprint density at radius 3 is 2.88 bits per heavy atom. The zero-order valence-corrected chi connectivity index (χ0v) is 13.4. The lowest BCUT2D eigenvalue weighted by Crippen LogP contribution is -2.37. The molecule has 7 heteroatoms. The maximum atomic E-state index is 12.8. The fourth-order valence-corrected chi connectivity index (χ4v) is 3.33. The molecule has 0 unspecified atom stereocenters. The van der Waals surface area contributed by atoms with E-state index in [0.29, 0.717) is 18.5 Å². The average molecular weight is 339 g/mol. The largest absolute Gasteiger partial charge is 0.391 e. The molecule has 1 fully saturated rings. The van der Waals surface area contributed by atoms with Crippen LogP contribution in [0.25, 0.3) is 5.65 Å². The number of nitrogens with one attached hydrogen (secondary N) is 1. The van der Waals surface area contributed by atoms with Crippen molar-refractivity contribution in [3.63, 3.8) is 0 Å². The Morgan fingerprint density at radius 1 is 1.38 bits per heavy atom. The van der Waals surface area contributed by atoms with Crippen molar-refractivity contribution in [2.75, 3.05) is 0 Å². The third-order valence-electron chi connectivity index (χ3n) is 4.70. The van der Waals surface area contributed by atoms with Crippen LogP contribution in [0.3, 0.4) is 0 Å². The average Bonchev–Trinajstić information content (AvgIpc) is 2.96. The van der Waals surface area contributed by atoms with Crippen molar-refractivity contribution < 1.29 is 18.0 Å². The molecule has 3 rings (SSSR count). The van der Waals surface area contributed by atoms with Crippen LogP contribution in [-0.4, -0.2) is 21.5 Å². The lowest BCUT2D eigenvalue weighted by atomic mass is 9.80. The molecule has 1 saturated carbocycles. The third kappa shape index (κ3) is 3.55. The van der Waals surface area contributed by atoms with Crippen LogP contribution < -0.4 is 5.32 Å². The van der Waals surface area contributed by atoms with E-state index < -0.39 is 18.0 Å². The van der Waals surface area contributed by atoms with Crippen molar-refractivity contribution in [2.45, 2.75) is 45.3 Å². The highest BCUT2D eigenvalue weighted by atomic mass is 19.4. The fourth-order valence-electron chi connectivity index (χ4n) is 3.33. The van der Waals surface area contributed by atoms with E-state index in [0.717, 1.165) is 11.3 Å². The van der Waals surface area contributed by atoms with Gasteiger partial charge in [0.2, 0.25) is 5.91 Å². The van der Waals surface area contributed by atoms with Crippen LogP contribution in [0.5, 0.6) is 0 Å². The molecule has 2 aromatic rings. The van der Waals surface area contributed by atoms with Gasteiger partial charge in [-0.05, 0) is 38.3 Å². The van der Waals surface area contributed by atoms with Gasteiger partial charge in [0, 0.05) is 17.8 Å². The number of alkyl halides is 3. The highest BCUT2D eigenvalue weighted by Crippen LogP contribution is 2.39. The van der Waals surface area contributed by atoms with Crippen LogP contribution in [0.4, 0.5) is 13.2 Å². The van der Waals surface area contributed by atoms with E-state index in [2.05, 4.69) is 10.3 Å². The quantitative estimate of drug-likeness (QED) is 0.928. The second-order valence-electron chi connectivity index (χ2n) is 6.45. The Labute approximate surface area is 138 Å². The highest BCUT2D eigenvalue weighted by Gasteiger charge is 2.43. The molecule has 4 nitrogen and oxygen atoms in total. The number of pyridine rings is 1. The van der Waals surface area contributed by atoms with Gasteiger partial charge in [0.15, 0.2) is 0 Å². The molecule has 0 bridgehead atoms. The second kappa shape index (κ2) is 6.45. The lowest BCUT2D eigenvalue weighted by Gasteiger charge is -2.29. The smallest absolute Gasteiger partial charge is 0.350 e. The number of imidazole rings is 1. The number of carbonyl (C=O) groups excluding carboxylic acids is 1. The Hall–Kier alpha value is -2.05. The summed E-state index contributed by atoms with van der Waals surface area (Å²) in [6.45, 7) is 2.18. The fraction of sp³-hybridized carbons (Fsp3) is 0.529. The van der Waals surface area contributed by atoms with Crippen molar-refractivity contribution in [2.24, 2.45) is 11.8 Å². The van der Waals surface area contributed by atoms with Gasteiger partial charge in [0.1, 0.15) is 5.65 Å². The Balaban J connectivity index is 1.61. The summed E-state index contributed by atoms with van der Waals surface area (Å²) < 4.78 is 40.4. The first-order chi connectivity index (χ1) is 11.3. The molecule has 2 heterocycles. The molecule has 1 aliphatic carbocycles. The number of hydrogen-bond donors (Lipinski definition) is 1. The summed E-state index contributed by atoms with van der Waals surface area (Å²) in [5.74, 6) is -2.23. The van der Waals surface area contributed by atoms with Gasteiger partial charge in [-0.3, -0.25) is 4.79 Å². The van der Waals surface area contributed by atoms with E-state index in [1.54, 1.807) is 0 Å². The molecule has 130 valence electrons. The minimum Gasteiger partial charge on any atom is -0.350 e. The molecule has 0 spiro atoms. The van der Waals surface area contributed by atoms with Crippen LogP contribution in [-0.2, 0) is 11.3 Å². The van der Waals surface area contributed by atoms with E-state index in [1.165, 1.54) is 0 Å². The van der Waals surface area contributed by atoms with E-state index in [-0.39, 0.29) is 25.3 Å². The molecular weight excluding hydrogens is 319 g/mol. The minimum atomic E-state index is -4.21. The molecule has 1 amide bonds. The first kappa shape index (κ1) is 16.8. The summed E-state index contributed by atoms with van der Waals surface area (Å²) in [6, 6.07) is 5.73. The second-order valence-corrected chi connectivity index (χ2v) is 6.45. The predicted molar refractivity (Wildman–Crippen MR) is 83.3 cm³/mol. The number of rotatable bonds is 3. The maximum absolute atomic E-state index is 12.8. The lowest BCUT2D eigenvalue weighted by molar-refractivity contribution is -0.186. The molecule has 1 aliphatic rings. The summed E-state index contributed by atoms with van der Waals surface area (Å²) >= 11 is 0. The van der Waals surface area contributed by atoms with Crippen LogP contribution in [0.15, 0.2) is 24.4 Å². The summed E-state index contributed by atoms with van der Waals surface area (Å²) in [5, 5.41) is 2.74. The number of hydrogen-bond acceptors (Lipinski definition) is 2. The first-order valence-electron chi connectivity index (χ1n) is 8.12. The zero-order chi connectivity index (χ0) is 17.3. The van der Waals surface area contributed by atoms with Gasteiger partial charge in [-0.15, -0.1) is 0 Å². The molecule has 0 aliphatic heterocycles. The van der Waals surface area contributed by atoms with Gasteiger partial charge in [0.05, 0.1) is 18.2 Å². The molecule has 24 heavy (non-hydrogen) atoms. The zero-order valence-electron chi connectivity index (χ0n) is 13.4. The Morgan fingerprint density at radius 2 is 2.17 bits per heavy atom. The summed E-state index contributed by atoms with van der Waals surface area (Å²) in [4.78, 5) is 16.6. The first-order valence-corrected chi connectivity index (χ1v) is 8.12. The standard InChI is InChI=1S/C17H20F3N3O/c1-11-4-2-7-15-22-14(10-23(11)15)9-21-16(24)12-5-3-6-13(8-12)17(18,19)20/h2,4,7,10,12-13H,3,5-6,8-9H2,1H3,(H,21,24)/t12-,13+/m0/s1. The van der Waals surface area contributed by atoms with Crippen molar-refractivity contribution in [1.82, 2.24) is 14.7 Å². The topological polar surface area (TPSA) is 46.4 Å². The molecule has 1 N–H and O–H groups in total. The van der Waals surface area contributed by atoms with Crippen LogP contribution in [0.1, 0.15) is 37.1 Å². The van der Waals surface area contributed by atoms with Gasteiger partial charge < -0.3 is 9.72 Å². The number of halogens is 3. The van der Waals surface area contributed by atoms with Crippen molar-refractivity contribution in [3.8, 4) is 0 Å². The van der Waals surface area contributed by atoms with Gasteiger partial charge >= 0.3 is 6.18 Å². The number of aromatic nitrogens is 2. The van der Waals surface area contributed by atoms with E-state index in [4.69, 9.17) is 0 Å². The molecule has 0 aromatic carbocycles. The van der Waals surface area contributed by atoms with Crippen LogP contribution in [0.2, 0.25) is 0 Å². The van der Waals surface area contributed by atoms with Gasteiger partial charge in [0.25, 0.3) is 0 Å². The number of nitrogens with zero attached hydrogens (tertiary/aromatic N) is 2. The van der Waals surface area contributed by atoms with Crippen molar-refractivity contribution in [1.29, 1.82) is 0 Å². The third-order valence-corrected chi connectivity index (χ3v) is 4.70. The van der Waals surface area contributed by atoms with Gasteiger partial charge in [-0.1, -0.05) is 12.5 Å². The number of fused-ring (bicyclic) bond motifs is 1. The van der Waals surface area contributed by atoms with E-state index in [1.807, 2.05) is 35.7 Å².